The molecule has 2 amide bonds. The van der Waals surface area contributed by atoms with Gasteiger partial charge < -0.3 is 4.90 Å². The highest BCUT2D eigenvalue weighted by molar-refractivity contribution is 6.42. The van der Waals surface area contributed by atoms with Crippen molar-refractivity contribution in [2.75, 3.05) is 37.6 Å². The standard InChI is InChI=1S/C16H19Cl2N3O2/c1-2-19-5-7-20(8-6-19)14-10-15(22)21(16(14)23)11-3-4-12(17)13(18)9-11/h3-4,9,14H,2,5-8,10H2,1H3/t14-/m0/s1. The number of nitrogens with zero attached hydrogens (tertiary/aromatic N) is 3. The van der Waals surface area contributed by atoms with Crippen molar-refractivity contribution in [3.05, 3.63) is 28.2 Å². The highest BCUT2D eigenvalue weighted by Crippen LogP contribution is 2.31. The lowest BCUT2D eigenvalue weighted by atomic mass is 10.1. The Bertz CT molecular complexity index is 630. The molecule has 5 nitrogen and oxygen atoms in total. The van der Waals surface area contributed by atoms with Crippen LogP contribution in [0.15, 0.2) is 18.2 Å². The zero-order valence-corrected chi connectivity index (χ0v) is 14.5. The largest absolute Gasteiger partial charge is 0.301 e. The Morgan fingerprint density at radius 3 is 2.39 bits per heavy atom. The van der Waals surface area contributed by atoms with Gasteiger partial charge in [-0.25, -0.2) is 4.90 Å². The number of halogens is 2. The average molecular weight is 356 g/mol. The predicted octanol–water partition coefficient (Wildman–Crippen LogP) is 2.26. The van der Waals surface area contributed by atoms with Crippen molar-refractivity contribution in [2.45, 2.75) is 19.4 Å². The molecule has 0 aromatic heterocycles. The minimum atomic E-state index is -0.365. The normalized spacial score (nSPS) is 23.8. The molecule has 2 fully saturated rings. The third-order valence-corrected chi connectivity index (χ3v) is 5.32. The number of imide groups is 1. The van der Waals surface area contributed by atoms with Gasteiger partial charge in [0.1, 0.15) is 0 Å². The van der Waals surface area contributed by atoms with E-state index in [-0.39, 0.29) is 24.3 Å². The van der Waals surface area contributed by atoms with Crippen LogP contribution in [0.25, 0.3) is 0 Å². The topological polar surface area (TPSA) is 43.9 Å². The van der Waals surface area contributed by atoms with Gasteiger partial charge in [0, 0.05) is 26.2 Å². The van der Waals surface area contributed by atoms with Gasteiger partial charge in [-0.2, -0.15) is 0 Å². The van der Waals surface area contributed by atoms with E-state index in [1.54, 1.807) is 18.2 Å². The van der Waals surface area contributed by atoms with Crippen LogP contribution in [0.2, 0.25) is 10.0 Å². The second-order valence-corrected chi connectivity index (χ2v) is 6.67. The molecular weight excluding hydrogens is 337 g/mol. The van der Waals surface area contributed by atoms with Crippen molar-refractivity contribution in [1.82, 2.24) is 9.80 Å². The maximum Gasteiger partial charge on any atom is 0.251 e. The fourth-order valence-electron chi connectivity index (χ4n) is 3.19. The summed E-state index contributed by atoms with van der Waals surface area (Å²) in [7, 11) is 0. The van der Waals surface area contributed by atoms with Gasteiger partial charge in [-0.3, -0.25) is 14.5 Å². The Kier molecular flexibility index (Phi) is 4.92. The molecule has 23 heavy (non-hydrogen) atoms. The molecule has 0 aliphatic carbocycles. The molecule has 0 spiro atoms. The molecule has 0 unspecified atom stereocenters. The van der Waals surface area contributed by atoms with Crippen molar-refractivity contribution in [2.24, 2.45) is 0 Å². The summed E-state index contributed by atoms with van der Waals surface area (Å²) in [6.07, 6.45) is 0.227. The Morgan fingerprint density at radius 2 is 1.78 bits per heavy atom. The Hall–Kier alpha value is -1.14. The molecule has 2 heterocycles. The lowest BCUT2D eigenvalue weighted by molar-refractivity contribution is -0.123. The van der Waals surface area contributed by atoms with Crippen LogP contribution in [0, 0.1) is 0 Å². The summed E-state index contributed by atoms with van der Waals surface area (Å²) in [5.41, 5.74) is 0.490. The number of likely N-dealkylation sites (N-methyl/N-ethyl adjacent to an activating group) is 1. The van der Waals surface area contributed by atoms with Crippen LogP contribution in [0.1, 0.15) is 13.3 Å². The molecule has 124 valence electrons. The van der Waals surface area contributed by atoms with E-state index in [2.05, 4.69) is 16.7 Å². The maximum atomic E-state index is 12.7. The average Bonchev–Trinajstić information content (AvgIpc) is 2.85. The third kappa shape index (κ3) is 3.24. The first-order valence-corrected chi connectivity index (χ1v) is 8.55. The van der Waals surface area contributed by atoms with E-state index in [0.29, 0.717) is 15.7 Å². The van der Waals surface area contributed by atoms with E-state index in [4.69, 9.17) is 23.2 Å². The molecule has 2 saturated heterocycles. The number of hydrogen-bond donors (Lipinski definition) is 0. The highest BCUT2D eigenvalue weighted by Gasteiger charge is 2.43. The second kappa shape index (κ2) is 6.77. The van der Waals surface area contributed by atoms with Gasteiger partial charge in [0.2, 0.25) is 5.91 Å². The number of piperazine rings is 1. The van der Waals surface area contributed by atoms with Crippen LogP contribution in [0.5, 0.6) is 0 Å². The minimum absolute atomic E-state index is 0.168. The van der Waals surface area contributed by atoms with Crippen LogP contribution in [0.4, 0.5) is 5.69 Å². The van der Waals surface area contributed by atoms with Crippen LogP contribution in [-0.2, 0) is 9.59 Å². The van der Waals surface area contributed by atoms with E-state index in [1.165, 1.54) is 4.90 Å². The maximum absolute atomic E-state index is 12.7. The first kappa shape index (κ1) is 16.7. The van der Waals surface area contributed by atoms with Gasteiger partial charge >= 0.3 is 0 Å². The fraction of sp³-hybridized carbons (Fsp3) is 0.500. The van der Waals surface area contributed by atoms with Crippen LogP contribution in [0.3, 0.4) is 0 Å². The number of carbonyl (C=O) groups excluding carboxylic acids is 2. The van der Waals surface area contributed by atoms with E-state index in [9.17, 15) is 9.59 Å². The summed E-state index contributed by atoms with van der Waals surface area (Å²) in [5.74, 6) is -0.352. The first-order chi connectivity index (χ1) is 11.0. The number of carbonyl (C=O) groups is 2. The summed E-state index contributed by atoms with van der Waals surface area (Å²) in [5, 5.41) is 0.742. The number of rotatable bonds is 3. The van der Waals surface area contributed by atoms with E-state index in [0.717, 1.165) is 32.7 Å². The van der Waals surface area contributed by atoms with Gasteiger partial charge in [-0.05, 0) is 24.7 Å². The van der Waals surface area contributed by atoms with Gasteiger partial charge in [0.05, 0.1) is 28.2 Å². The molecule has 1 atom stereocenters. The van der Waals surface area contributed by atoms with Crippen LogP contribution < -0.4 is 4.90 Å². The zero-order valence-electron chi connectivity index (χ0n) is 13.0. The summed E-state index contributed by atoms with van der Waals surface area (Å²) < 4.78 is 0. The van der Waals surface area contributed by atoms with Crippen molar-refractivity contribution < 1.29 is 9.59 Å². The summed E-state index contributed by atoms with van der Waals surface area (Å²) in [6, 6.07) is 4.46. The lowest BCUT2D eigenvalue weighted by Crippen LogP contribution is -2.52. The van der Waals surface area contributed by atoms with E-state index < -0.39 is 0 Å². The third-order valence-electron chi connectivity index (χ3n) is 4.58. The first-order valence-electron chi connectivity index (χ1n) is 7.79. The Morgan fingerprint density at radius 1 is 1.09 bits per heavy atom. The van der Waals surface area contributed by atoms with Crippen molar-refractivity contribution >= 4 is 40.7 Å². The molecule has 0 radical (unpaired) electrons. The number of benzene rings is 1. The molecule has 1 aromatic rings. The van der Waals surface area contributed by atoms with E-state index in [1.807, 2.05) is 0 Å². The molecule has 0 saturated carbocycles. The van der Waals surface area contributed by atoms with Crippen LogP contribution >= 0.6 is 23.2 Å². The van der Waals surface area contributed by atoms with Crippen molar-refractivity contribution in [3.8, 4) is 0 Å². The molecule has 2 aliphatic heterocycles. The minimum Gasteiger partial charge on any atom is -0.301 e. The van der Waals surface area contributed by atoms with Gasteiger partial charge in [0.15, 0.2) is 0 Å². The monoisotopic (exact) mass is 355 g/mol. The number of amides is 2. The van der Waals surface area contributed by atoms with Gasteiger partial charge in [-0.1, -0.05) is 30.1 Å². The van der Waals surface area contributed by atoms with Crippen LogP contribution in [-0.4, -0.2) is 60.4 Å². The van der Waals surface area contributed by atoms with Gasteiger partial charge in [0.25, 0.3) is 5.91 Å². The fourth-order valence-corrected chi connectivity index (χ4v) is 3.48. The molecule has 7 heteroatoms. The van der Waals surface area contributed by atoms with Crippen molar-refractivity contribution in [3.63, 3.8) is 0 Å². The quantitative estimate of drug-likeness (QED) is 0.780. The lowest BCUT2D eigenvalue weighted by Gasteiger charge is -2.36. The Balaban J connectivity index is 1.76. The molecule has 2 aliphatic rings. The zero-order chi connectivity index (χ0) is 16.6. The van der Waals surface area contributed by atoms with Gasteiger partial charge in [-0.15, -0.1) is 0 Å². The number of anilines is 1. The molecule has 1 aromatic carbocycles. The second-order valence-electron chi connectivity index (χ2n) is 5.86. The predicted molar refractivity (Wildman–Crippen MR) is 91.0 cm³/mol. The molecule has 0 N–H and O–H groups in total. The smallest absolute Gasteiger partial charge is 0.251 e. The summed E-state index contributed by atoms with van der Waals surface area (Å²) in [6.45, 7) is 6.63. The highest BCUT2D eigenvalue weighted by atomic mass is 35.5. The SMILES string of the molecule is CCN1CCN([C@H]2CC(=O)N(c3ccc(Cl)c(Cl)c3)C2=O)CC1. The van der Waals surface area contributed by atoms with E-state index >= 15 is 0 Å². The molecule has 0 bridgehead atoms. The molecule has 3 rings (SSSR count). The summed E-state index contributed by atoms with van der Waals surface area (Å²) >= 11 is 11.9. The summed E-state index contributed by atoms with van der Waals surface area (Å²) in [4.78, 5) is 30.8. The Labute approximate surface area is 145 Å². The number of hydrogen-bond acceptors (Lipinski definition) is 4. The molecular formula is C16H19Cl2N3O2. The van der Waals surface area contributed by atoms with Crippen molar-refractivity contribution in [1.29, 1.82) is 0 Å².